The van der Waals surface area contributed by atoms with Gasteiger partial charge in [0.2, 0.25) is 5.91 Å². The van der Waals surface area contributed by atoms with Gasteiger partial charge in [-0.25, -0.2) is 9.59 Å². The van der Waals surface area contributed by atoms with Crippen molar-refractivity contribution in [2.75, 3.05) is 0 Å². The van der Waals surface area contributed by atoms with E-state index < -0.39 is 29.9 Å². The summed E-state index contributed by atoms with van der Waals surface area (Å²) in [7, 11) is 0. The molecule has 7 N–H and O–H groups in total. The van der Waals surface area contributed by atoms with Crippen LogP contribution >= 0.6 is 0 Å². The average molecular weight is 332 g/mol. The Balaban J connectivity index is 1.92. The fraction of sp³-hybridized carbons (Fsp3) is 0.312. The van der Waals surface area contributed by atoms with Crippen LogP contribution in [-0.2, 0) is 25.5 Å². The minimum Gasteiger partial charge on any atom is -0.391 e. The third-order valence-electron chi connectivity index (χ3n) is 3.62. The number of fused-ring (bicyclic) bond motifs is 1. The Morgan fingerprint density at radius 2 is 1.75 bits per heavy atom. The minimum absolute atomic E-state index is 0.0130. The number of H-pyrrole nitrogens is 1. The summed E-state index contributed by atoms with van der Waals surface area (Å²) in [6.07, 6.45) is 1.93. The normalized spacial score (nSPS) is 13.4. The summed E-state index contributed by atoms with van der Waals surface area (Å²) in [5.41, 5.74) is 18.1. The molecule has 0 unspecified atom stereocenters. The van der Waals surface area contributed by atoms with Crippen LogP contribution in [0.25, 0.3) is 10.9 Å². The molecule has 0 fully saturated rings. The fourth-order valence-electron chi connectivity index (χ4n) is 2.29. The quantitative estimate of drug-likeness (QED) is 0.403. The highest BCUT2D eigenvalue weighted by molar-refractivity contribution is 5.91. The molecule has 0 aliphatic carbocycles. The maximum absolute atomic E-state index is 11.9. The van der Waals surface area contributed by atoms with Gasteiger partial charge in [-0.05, 0) is 18.1 Å². The number of nitrogens with one attached hydrogen (secondary N) is 1. The van der Waals surface area contributed by atoms with Crippen molar-refractivity contribution < 1.29 is 19.1 Å². The number of hydrogen-bond acceptors (Lipinski definition) is 6. The van der Waals surface area contributed by atoms with Crippen molar-refractivity contribution in [3.8, 4) is 0 Å². The van der Waals surface area contributed by atoms with Crippen LogP contribution in [0.2, 0.25) is 0 Å². The van der Waals surface area contributed by atoms with Gasteiger partial charge in [-0.15, -0.1) is 0 Å². The summed E-state index contributed by atoms with van der Waals surface area (Å²) in [6.45, 7) is 0. The monoisotopic (exact) mass is 332 g/mol. The number of carbonyl (C=O) groups is 3. The lowest BCUT2D eigenvalue weighted by atomic mass is 10.1. The van der Waals surface area contributed by atoms with Gasteiger partial charge in [-0.1, -0.05) is 18.2 Å². The molecule has 1 heterocycles. The standard InChI is InChI=1S/C16H20N4O4/c17-11(5-6-14(19)21)15(22)24-16(23)12(18)7-9-8-20-13-4-2-1-3-10(9)13/h1-4,8,11-12,20H,5-7,17-18H2,(H2,19,21)/t11-,12-/m0/s1. The molecule has 0 radical (unpaired) electrons. The lowest BCUT2D eigenvalue weighted by Crippen LogP contribution is -2.40. The molecule has 1 amide bonds. The second-order valence-corrected chi connectivity index (χ2v) is 5.52. The summed E-state index contributed by atoms with van der Waals surface area (Å²) in [6, 6.07) is 5.49. The maximum Gasteiger partial charge on any atom is 0.330 e. The van der Waals surface area contributed by atoms with Gasteiger partial charge in [0, 0.05) is 29.9 Å². The molecule has 128 valence electrons. The molecular formula is C16H20N4O4. The molecule has 0 bridgehead atoms. The van der Waals surface area contributed by atoms with Crippen molar-refractivity contribution in [3.05, 3.63) is 36.0 Å². The topological polar surface area (TPSA) is 154 Å². The molecular weight excluding hydrogens is 312 g/mol. The number of aromatic amines is 1. The number of aromatic nitrogens is 1. The first-order valence-corrected chi connectivity index (χ1v) is 7.48. The summed E-state index contributed by atoms with van der Waals surface area (Å²) in [5.74, 6) is -2.36. The number of ether oxygens (including phenoxy) is 1. The van der Waals surface area contributed by atoms with E-state index in [1.165, 1.54) is 0 Å². The molecule has 8 nitrogen and oxygen atoms in total. The molecule has 0 aliphatic heterocycles. The van der Waals surface area contributed by atoms with Crippen molar-refractivity contribution in [2.45, 2.75) is 31.3 Å². The Morgan fingerprint density at radius 3 is 2.46 bits per heavy atom. The Morgan fingerprint density at radius 1 is 1.08 bits per heavy atom. The summed E-state index contributed by atoms with van der Waals surface area (Å²) >= 11 is 0. The molecule has 24 heavy (non-hydrogen) atoms. The summed E-state index contributed by atoms with van der Waals surface area (Å²) < 4.78 is 4.68. The molecule has 2 aromatic rings. The smallest absolute Gasteiger partial charge is 0.330 e. The Hall–Kier alpha value is -2.71. The van der Waals surface area contributed by atoms with Crippen molar-refractivity contribution in [3.63, 3.8) is 0 Å². The SMILES string of the molecule is NC(=O)CC[C@H](N)C(=O)OC(=O)[C@@H](N)Cc1c[nH]c2ccccc12. The minimum atomic E-state index is -1.10. The van der Waals surface area contributed by atoms with E-state index in [1.54, 1.807) is 6.20 Å². The number of para-hydroxylation sites is 1. The van der Waals surface area contributed by atoms with Gasteiger partial charge >= 0.3 is 11.9 Å². The lowest BCUT2D eigenvalue weighted by molar-refractivity contribution is -0.161. The van der Waals surface area contributed by atoms with Crippen LogP contribution in [0.5, 0.6) is 0 Å². The largest absolute Gasteiger partial charge is 0.391 e. The average Bonchev–Trinajstić information content (AvgIpc) is 2.95. The molecule has 1 aromatic carbocycles. The second-order valence-electron chi connectivity index (χ2n) is 5.52. The molecule has 0 spiro atoms. The van der Waals surface area contributed by atoms with E-state index in [1.807, 2.05) is 24.3 Å². The predicted molar refractivity (Wildman–Crippen MR) is 87.5 cm³/mol. The molecule has 0 aliphatic rings. The van der Waals surface area contributed by atoms with E-state index in [0.717, 1.165) is 16.5 Å². The summed E-state index contributed by atoms with van der Waals surface area (Å²) in [4.78, 5) is 37.4. The van der Waals surface area contributed by atoms with Gasteiger partial charge in [0.15, 0.2) is 0 Å². The number of esters is 2. The van der Waals surface area contributed by atoms with Crippen LogP contribution in [0.4, 0.5) is 0 Å². The number of primary amides is 1. The van der Waals surface area contributed by atoms with Crippen LogP contribution in [-0.4, -0.2) is 34.9 Å². The maximum atomic E-state index is 11.9. The van der Waals surface area contributed by atoms with Gasteiger partial charge in [0.05, 0.1) is 0 Å². The first-order chi connectivity index (χ1) is 11.4. The number of nitrogens with two attached hydrogens (primary N) is 3. The van der Waals surface area contributed by atoms with Crippen LogP contribution < -0.4 is 17.2 Å². The Kier molecular flexibility index (Phi) is 5.67. The van der Waals surface area contributed by atoms with Gasteiger partial charge < -0.3 is 26.9 Å². The van der Waals surface area contributed by atoms with E-state index in [2.05, 4.69) is 9.72 Å². The first-order valence-electron chi connectivity index (χ1n) is 7.48. The lowest BCUT2D eigenvalue weighted by Gasteiger charge is -2.13. The van der Waals surface area contributed by atoms with E-state index in [0.29, 0.717) is 0 Å². The number of rotatable bonds is 7. The molecule has 0 saturated carbocycles. The zero-order valence-electron chi connectivity index (χ0n) is 13.0. The highest BCUT2D eigenvalue weighted by Crippen LogP contribution is 2.19. The van der Waals surface area contributed by atoms with Crippen molar-refractivity contribution in [1.29, 1.82) is 0 Å². The van der Waals surface area contributed by atoms with E-state index in [4.69, 9.17) is 17.2 Å². The number of hydrogen-bond donors (Lipinski definition) is 4. The number of benzene rings is 1. The van der Waals surface area contributed by atoms with Crippen molar-refractivity contribution >= 4 is 28.7 Å². The fourth-order valence-corrected chi connectivity index (χ4v) is 2.29. The van der Waals surface area contributed by atoms with Crippen LogP contribution in [0.3, 0.4) is 0 Å². The van der Waals surface area contributed by atoms with Crippen LogP contribution in [0.1, 0.15) is 18.4 Å². The third kappa shape index (κ3) is 4.40. The van der Waals surface area contributed by atoms with Crippen molar-refractivity contribution in [2.24, 2.45) is 17.2 Å². The molecule has 8 heteroatoms. The highest BCUT2D eigenvalue weighted by atomic mass is 16.6. The molecule has 2 rings (SSSR count). The van der Waals surface area contributed by atoms with Gasteiger partial charge in [0.25, 0.3) is 0 Å². The van der Waals surface area contributed by atoms with E-state index in [-0.39, 0.29) is 19.3 Å². The predicted octanol–water partition coefficient (Wildman–Crippen LogP) is -0.300. The van der Waals surface area contributed by atoms with Gasteiger partial charge in [-0.2, -0.15) is 0 Å². The zero-order chi connectivity index (χ0) is 17.7. The van der Waals surface area contributed by atoms with E-state index >= 15 is 0 Å². The first kappa shape index (κ1) is 17.6. The summed E-state index contributed by atoms with van der Waals surface area (Å²) in [5, 5.41) is 0.949. The Labute approximate surface area is 138 Å². The van der Waals surface area contributed by atoms with Crippen molar-refractivity contribution in [1.82, 2.24) is 4.98 Å². The third-order valence-corrected chi connectivity index (χ3v) is 3.62. The molecule has 1 aromatic heterocycles. The molecule has 0 saturated heterocycles. The van der Waals surface area contributed by atoms with Crippen LogP contribution in [0, 0.1) is 0 Å². The number of carbonyl (C=O) groups excluding carboxylic acids is 3. The molecule has 2 atom stereocenters. The highest BCUT2D eigenvalue weighted by Gasteiger charge is 2.24. The van der Waals surface area contributed by atoms with Crippen LogP contribution in [0.15, 0.2) is 30.5 Å². The second kappa shape index (κ2) is 7.71. The Bertz CT molecular complexity index is 755. The van der Waals surface area contributed by atoms with Gasteiger partial charge in [-0.3, -0.25) is 4.79 Å². The number of amides is 1. The van der Waals surface area contributed by atoms with Gasteiger partial charge in [0.1, 0.15) is 12.1 Å². The van der Waals surface area contributed by atoms with E-state index in [9.17, 15) is 14.4 Å². The zero-order valence-corrected chi connectivity index (χ0v) is 13.0.